The van der Waals surface area contributed by atoms with Crippen LogP contribution >= 0.6 is 0 Å². The van der Waals surface area contributed by atoms with E-state index in [2.05, 4.69) is 4.74 Å². The lowest BCUT2D eigenvalue weighted by Gasteiger charge is -2.11. The molecule has 0 aliphatic rings. The Balaban J connectivity index is 3.44. The summed E-state index contributed by atoms with van der Waals surface area (Å²) in [5, 5.41) is 8.84. The molecule has 16 heavy (non-hydrogen) atoms. The van der Waals surface area contributed by atoms with Crippen LogP contribution < -0.4 is 4.74 Å². The summed E-state index contributed by atoms with van der Waals surface area (Å²) in [6.07, 6.45) is 0.638. The molecule has 0 radical (unpaired) electrons. The molecule has 1 aromatic rings. The predicted octanol–water partition coefficient (Wildman–Crippen LogP) is 1.92. The van der Waals surface area contributed by atoms with E-state index in [9.17, 15) is 4.79 Å². The quantitative estimate of drug-likeness (QED) is 0.728. The average Bonchev–Trinajstić information content (AvgIpc) is 2.35. The molecule has 0 aliphatic carbocycles. The lowest BCUT2D eigenvalue weighted by molar-refractivity contribution is 0.0599. The number of methoxy groups -OCH3 is 2. The summed E-state index contributed by atoms with van der Waals surface area (Å²) in [5.74, 6) is 0.0919. The van der Waals surface area contributed by atoms with E-state index in [-0.39, 0.29) is 0 Å². The van der Waals surface area contributed by atoms with Crippen LogP contribution in [-0.2, 0) is 11.2 Å². The molecule has 0 amide bonds. The van der Waals surface area contributed by atoms with Crippen molar-refractivity contribution in [1.29, 1.82) is 5.26 Å². The van der Waals surface area contributed by atoms with Crippen LogP contribution in [0.1, 0.15) is 28.4 Å². The van der Waals surface area contributed by atoms with Crippen LogP contribution in [0.4, 0.5) is 0 Å². The van der Waals surface area contributed by atoms with Crippen molar-refractivity contribution in [1.82, 2.24) is 0 Å². The maximum Gasteiger partial charge on any atom is 0.338 e. The molecular formula is C12H13NO3. The number of carbonyl (C=O) groups excluding carboxylic acids is 1. The van der Waals surface area contributed by atoms with Gasteiger partial charge in [0.2, 0.25) is 0 Å². The fourth-order valence-electron chi connectivity index (χ4n) is 1.55. The molecule has 0 heterocycles. The van der Waals surface area contributed by atoms with E-state index in [4.69, 9.17) is 10.00 Å². The smallest absolute Gasteiger partial charge is 0.338 e. The third-order valence-electron chi connectivity index (χ3n) is 2.32. The van der Waals surface area contributed by atoms with E-state index in [1.807, 2.05) is 13.0 Å². The number of benzene rings is 1. The van der Waals surface area contributed by atoms with Gasteiger partial charge < -0.3 is 9.47 Å². The molecule has 0 aromatic heterocycles. The first-order valence-electron chi connectivity index (χ1n) is 4.87. The van der Waals surface area contributed by atoms with Crippen molar-refractivity contribution < 1.29 is 14.3 Å². The van der Waals surface area contributed by atoms with Gasteiger partial charge in [-0.25, -0.2) is 4.79 Å². The zero-order valence-corrected chi connectivity index (χ0v) is 9.53. The molecule has 4 nitrogen and oxygen atoms in total. The Morgan fingerprint density at radius 3 is 2.56 bits per heavy atom. The predicted molar refractivity (Wildman–Crippen MR) is 58.4 cm³/mol. The number of ether oxygens (including phenoxy) is 2. The number of nitriles is 1. The molecule has 0 N–H and O–H groups in total. The van der Waals surface area contributed by atoms with E-state index in [0.29, 0.717) is 23.3 Å². The molecule has 1 aromatic carbocycles. The molecule has 0 saturated carbocycles. The van der Waals surface area contributed by atoms with Gasteiger partial charge in [0.25, 0.3) is 0 Å². The highest BCUT2D eigenvalue weighted by Gasteiger charge is 2.16. The molecule has 0 bridgehead atoms. The van der Waals surface area contributed by atoms with E-state index >= 15 is 0 Å². The van der Waals surface area contributed by atoms with E-state index in [1.165, 1.54) is 20.3 Å². The summed E-state index contributed by atoms with van der Waals surface area (Å²) in [6.45, 7) is 1.91. The first-order valence-corrected chi connectivity index (χ1v) is 4.87. The maximum absolute atomic E-state index is 11.5. The summed E-state index contributed by atoms with van der Waals surface area (Å²) in [7, 11) is 2.82. The maximum atomic E-state index is 11.5. The molecule has 0 aliphatic heterocycles. The first kappa shape index (κ1) is 12.1. The molecule has 4 heteroatoms. The van der Waals surface area contributed by atoms with E-state index in [1.54, 1.807) is 6.07 Å². The Morgan fingerprint density at radius 2 is 2.12 bits per heavy atom. The summed E-state index contributed by atoms with van der Waals surface area (Å²) in [6, 6.07) is 5.12. The average molecular weight is 219 g/mol. The molecule has 0 saturated heterocycles. The highest BCUT2D eigenvalue weighted by molar-refractivity contribution is 5.92. The van der Waals surface area contributed by atoms with Crippen LogP contribution in [0.2, 0.25) is 0 Å². The van der Waals surface area contributed by atoms with Crippen molar-refractivity contribution in [2.24, 2.45) is 0 Å². The monoisotopic (exact) mass is 219 g/mol. The number of rotatable bonds is 3. The Hall–Kier alpha value is -2.02. The van der Waals surface area contributed by atoms with Gasteiger partial charge in [0.05, 0.1) is 31.4 Å². The van der Waals surface area contributed by atoms with Crippen LogP contribution in [-0.4, -0.2) is 20.2 Å². The third-order valence-corrected chi connectivity index (χ3v) is 2.32. The topological polar surface area (TPSA) is 59.3 Å². The van der Waals surface area contributed by atoms with Crippen molar-refractivity contribution in [2.75, 3.05) is 14.2 Å². The largest absolute Gasteiger partial charge is 0.496 e. The highest BCUT2D eigenvalue weighted by Crippen LogP contribution is 2.25. The van der Waals surface area contributed by atoms with Gasteiger partial charge in [0.15, 0.2) is 0 Å². The minimum absolute atomic E-state index is 0.384. The van der Waals surface area contributed by atoms with Gasteiger partial charge in [-0.05, 0) is 18.6 Å². The van der Waals surface area contributed by atoms with Gasteiger partial charge in [-0.2, -0.15) is 5.26 Å². The number of esters is 1. The van der Waals surface area contributed by atoms with Crippen LogP contribution in [0, 0.1) is 11.3 Å². The zero-order chi connectivity index (χ0) is 12.1. The SMILES string of the molecule is CCc1c(OC)cc(C#N)cc1C(=O)OC. The zero-order valence-electron chi connectivity index (χ0n) is 9.53. The van der Waals surface area contributed by atoms with Gasteiger partial charge in [0.1, 0.15) is 5.75 Å². The van der Waals surface area contributed by atoms with Crippen LogP contribution in [0.15, 0.2) is 12.1 Å². The molecule has 0 atom stereocenters. The van der Waals surface area contributed by atoms with Crippen molar-refractivity contribution in [3.63, 3.8) is 0 Å². The summed E-state index contributed by atoms with van der Waals surface area (Å²) >= 11 is 0. The second kappa shape index (κ2) is 5.17. The van der Waals surface area contributed by atoms with Gasteiger partial charge in [-0.3, -0.25) is 0 Å². The molecular weight excluding hydrogens is 206 g/mol. The van der Waals surface area contributed by atoms with Crippen molar-refractivity contribution in [3.8, 4) is 11.8 Å². The Bertz CT molecular complexity index is 446. The Kier molecular flexibility index (Phi) is 3.90. The first-order chi connectivity index (χ1) is 7.67. The van der Waals surface area contributed by atoms with E-state index < -0.39 is 5.97 Å². The number of hydrogen-bond donors (Lipinski definition) is 0. The van der Waals surface area contributed by atoms with Crippen LogP contribution in [0.25, 0.3) is 0 Å². The van der Waals surface area contributed by atoms with Gasteiger partial charge in [-0.1, -0.05) is 6.92 Å². The summed E-state index contributed by atoms with van der Waals surface area (Å²) < 4.78 is 9.83. The van der Waals surface area contributed by atoms with Crippen LogP contribution in [0.5, 0.6) is 5.75 Å². The second-order valence-corrected chi connectivity index (χ2v) is 3.16. The fourth-order valence-corrected chi connectivity index (χ4v) is 1.55. The number of hydrogen-bond acceptors (Lipinski definition) is 4. The highest BCUT2D eigenvalue weighted by atomic mass is 16.5. The van der Waals surface area contributed by atoms with Crippen molar-refractivity contribution in [3.05, 3.63) is 28.8 Å². The summed E-state index contributed by atoms with van der Waals surface area (Å²) in [4.78, 5) is 11.5. The van der Waals surface area contributed by atoms with Crippen molar-refractivity contribution >= 4 is 5.97 Å². The molecule has 0 spiro atoms. The standard InChI is InChI=1S/C12H13NO3/c1-4-9-10(12(14)16-3)5-8(7-13)6-11(9)15-2/h5-6H,4H2,1-3H3. The van der Waals surface area contributed by atoms with Crippen molar-refractivity contribution in [2.45, 2.75) is 13.3 Å². The third kappa shape index (κ3) is 2.14. The molecule has 84 valence electrons. The lowest BCUT2D eigenvalue weighted by Crippen LogP contribution is -2.07. The molecule has 0 fully saturated rings. The molecule has 1 rings (SSSR count). The minimum atomic E-state index is -0.452. The summed E-state index contributed by atoms with van der Waals surface area (Å²) in [5.41, 5.74) is 1.53. The Labute approximate surface area is 94.4 Å². The fraction of sp³-hybridized carbons (Fsp3) is 0.333. The normalized spacial score (nSPS) is 9.38. The lowest BCUT2D eigenvalue weighted by atomic mass is 10.0. The second-order valence-electron chi connectivity index (χ2n) is 3.16. The van der Waals surface area contributed by atoms with Gasteiger partial charge in [0, 0.05) is 5.56 Å². The van der Waals surface area contributed by atoms with E-state index in [0.717, 1.165) is 5.56 Å². The van der Waals surface area contributed by atoms with Gasteiger partial charge >= 0.3 is 5.97 Å². The Morgan fingerprint density at radius 1 is 1.44 bits per heavy atom. The van der Waals surface area contributed by atoms with Crippen LogP contribution in [0.3, 0.4) is 0 Å². The van der Waals surface area contributed by atoms with Gasteiger partial charge in [-0.15, -0.1) is 0 Å². The minimum Gasteiger partial charge on any atom is -0.496 e. The number of carbonyl (C=O) groups is 1. The number of nitrogens with zero attached hydrogens (tertiary/aromatic N) is 1. The molecule has 0 unspecified atom stereocenters.